The van der Waals surface area contributed by atoms with Crippen LogP contribution in [0.4, 0.5) is 23.2 Å². The summed E-state index contributed by atoms with van der Waals surface area (Å²) in [5.74, 6) is -0.664. The number of anilines is 1. The van der Waals surface area contributed by atoms with E-state index in [1.54, 1.807) is 12.4 Å². The highest BCUT2D eigenvalue weighted by Gasteiger charge is 2.33. The number of alkyl halides is 3. The molecular formula is C18H16F4N2. The van der Waals surface area contributed by atoms with Crippen LogP contribution >= 0.6 is 0 Å². The zero-order valence-corrected chi connectivity index (χ0v) is 12.9. The van der Waals surface area contributed by atoms with E-state index in [-0.39, 0.29) is 5.56 Å². The SMILES string of the molecule is Fc1ccc(C(F)(F)F)c(C=C2CCN(c3cccnc3)CC2)c1. The van der Waals surface area contributed by atoms with E-state index in [9.17, 15) is 17.6 Å². The first kappa shape index (κ1) is 16.5. The van der Waals surface area contributed by atoms with Crippen LogP contribution in [-0.2, 0) is 6.18 Å². The molecule has 0 N–H and O–H groups in total. The van der Waals surface area contributed by atoms with Gasteiger partial charge in [0, 0.05) is 19.3 Å². The van der Waals surface area contributed by atoms with Gasteiger partial charge in [-0.3, -0.25) is 4.98 Å². The largest absolute Gasteiger partial charge is 0.416 e. The van der Waals surface area contributed by atoms with Gasteiger partial charge in [0.2, 0.25) is 0 Å². The Kier molecular flexibility index (Phi) is 4.55. The summed E-state index contributed by atoms with van der Waals surface area (Å²) < 4.78 is 52.5. The van der Waals surface area contributed by atoms with E-state index in [2.05, 4.69) is 9.88 Å². The fraction of sp³-hybridized carbons (Fsp3) is 0.278. The minimum atomic E-state index is -4.49. The maximum atomic E-state index is 13.4. The fourth-order valence-corrected chi connectivity index (χ4v) is 2.87. The third-order valence-corrected chi connectivity index (χ3v) is 4.10. The molecule has 2 nitrogen and oxygen atoms in total. The van der Waals surface area contributed by atoms with E-state index < -0.39 is 17.6 Å². The molecule has 0 spiro atoms. The normalized spacial score (nSPS) is 15.5. The first-order valence-corrected chi connectivity index (χ1v) is 7.64. The molecule has 1 aliphatic rings. The van der Waals surface area contributed by atoms with Crippen LogP contribution in [0.1, 0.15) is 24.0 Å². The Bertz CT molecular complexity index is 728. The maximum Gasteiger partial charge on any atom is 0.416 e. The zero-order valence-electron chi connectivity index (χ0n) is 12.9. The van der Waals surface area contributed by atoms with Gasteiger partial charge >= 0.3 is 6.18 Å². The lowest BCUT2D eigenvalue weighted by molar-refractivity contribution is -0.137. The van der Waals surface area contributed by atoms with Gasteiger partial charge in [0.15, 0.2) is 0 Å². The van der Waals surface area contributed by atoms with Crippen molar-refractivity contribution in [1.29, 1.82) is 0 Å². The average molecular weight is 336 g/mol. The zero-order chi connectivity index (χ0) is 17.2. The van der Waals surface area contributed by atoms with E-state index >= 15 is 0 Å². The summed E-state index contributed by atoms with van der Waals surface area (Å²) in [6, 6.07) is 6.39. The molecule has 0 unspecified atom stereocenters. The van der Waals surface area contributed by atoms with Gasteiger partial charge in [-0.2, -0.15) is 13.2 Å². The highest BCUT2D eigenvalue weighted by Crippen LogP contribution is 2.34. The van der Waals surface area contributed by atoms with Crippen LogP contribution in [-0.4, -0.2) is 18.1 Å². The number of nitrogens with zero attached hydrogens (tertiary/aromatic N) is 2. The first-order valence-electron chi connectivity index (χ1n) is 7.64. The summed E-state index contributed by atoms with van der Waals surface area (Å²) in [4.78, 5) is 6.21. The summed E-state index contributed by atoms with van der Waals surface area (Å²) in [6.45, 7) is 1.41. The third kappa shape index (κ3) is 3.75. The Balaban J connectivity index is 1.78. The van der Waals surface area contributed by atoms with Gasteiger partial charge in [-0.25, -0.2) is 4.39 Å². The van der Waals surface area contributed by atoms with E-state index in [0.717, 1.165) is 29.5 Å². The summed E-state index contributed by atoms with van der Waals surface area (Å²) in [7, 11) is 0. The van der Waals surface area contributed by atoms with Crippen molar-refractivity contribution in [1.82, 2.24) is 4.98 Å². The van der Waals surface area contributed by atoms with Gasteiger partial charge in [0.05, 0.1) is 17.4 Å². The van der Waals surface area contributed by atoms with Crippen LogP contribution in [0, 0.1) is 5.82 Å². The van der Waals surface area contributed by atoms with E-state index in [4.69, 9.17) is 0 Å². The number of pyridine rings is 1. The quantitative estimate of drug-likeness (QED) is 0.724. The van der Waals surface area contributed by atoms with Crippen molar-refractivity contribution in [3.05, 3.63) is 65.2 Å². The predicted octanol–water partition coefficient (Wildman–Crippen LogP) is 4.92. The number of halogens is 4. The van der Waals surface area contributed by atoms with Crippen molar-refractivity contribution in [2.75, 3.05) is 18.0 Å². The smallest absolute Gasteiger partial charge is 0.370 e. The number of benzene rings is 1. The van der Waals surface area contributed by atoms with Crippen LogP contribution in [0.15, 0.2) is 48.3 Å². The average Bonchev–Trinajstić information content (AvgIpc) is 2.55. The second-order valence-electron chi connectivity index (χ2n) is 5.73. The lowest BCUT2D eigenvalue weighted by Crippen LogP contribution is -2.30. The van der Waals surface area contributed by atoms with Crippen LogP contribution in [0.3, 0.4) is 0 Å². The second-order valence-corrected chi connectivity index (χ2v) is 5.73. The Morgan fingerprint density at radius 1 is 1.08 bits per heavy atom. The van der Waals surface area contributed by atoms with Gasteiger partial charge < -0.3 is 4.90 Å². The number of rotatable bonds is 2. The van der Waals surface area contributed by atoms with Crippen LogP contribution in [0.5, 0.6) is 0 Å². The molecule has 24 heavy (non-hydrogen) atoms. The lowest BCUT2D eigenvalue weighted by Gasteiger charge is -2.30. The molecule has 0 aliphatic carbocycles. The summed E-state index contributed by atoms with van der Waals surface area (Å²) >= 11 is 0. The van der Waals surface area contributed by atoms with Crippen molar-refractivity contribution < 1.29 is 17.6 Å². The highest BCUT2D eigenvalue weighted by molar-refractivity contribution is 5.59. The van der Waals surface area contributed by atoms with Gasteiger partial charge in [-0.05, 0) is 48.7 Å². The fourth-order valence-electron chi connectivity index (χ4n) is 2.87. The van der Waals surface area contributed by atoms with E-state index in [0.29, 0.717) is 25.9 Å². The van der Waals surface area contributed by atoms with Gasteiger partial charge in [0.25, 0.3) is 0 Å². The summed E-state index contributed by atoms with van der Waals surface area (Å²) in [5, 5.41) is 0. The predicted molar refractivity (Wildman–Crippen MR) is 85.1 cm³/mol. The van der Waals surface area contributed by atoms with Crippen molar-refractivity contribution in [3.63, 3.8) is 0 Å². The molecule has 0 radical (unpaired) electrons. The van der Waals surface area contributed by atoms with Crippen LogP contribution in [0.25, 0.3) is 6.08 Å². The third-order valence-electron chi connectivity index (χ3n) is 4.10. The van der Waals surface area contributed by atoms with Crippen molar-refractivity contribution in [3.8, 4) is 0 Å². The molecule has 1 saturated heterocycles. The molecule has 126 valence electrons. The maximum absolute atomic E-state index is 13.4. The summed E-state index contributed by atoms with van der Waals surface area (Å²) in [6.07, 6.45) is 1.73. The topological polar surface area (TPSA) is 16.1 Å². The molecule has 1 aromatic carbocycles. The lowest BCUT2D eigenvalue weighted by atomic mass is 9.98. The first-order chi connectivity index (χ1) is 11.4. The molecule has 6 heteroatoms. The molecule has 1 aromatic heterocycles. The molecule has 0 atom stereocenters. The molecule has 0 bridgehead atoms. The van der Waals surface area contributed by atoms with E-state index in [1.165, 1.54) is 6.08 Å². The Morgan fingerprint density at radius 3 is 2.46 bits per heavy atom. The van der Waals surface area contributed by atoms with E-state index in [1.807, 2.05) is 12.1 Å². The molecule has 0 saturated carbocycles. The molecule has 3 rings (SSSR count). The molecule has 2 heterocycles. The number of hydrogen-bond acceptors (Lipinski definition) is 2. The Morgan fingerprint density at radius 2 is 1.83 bits per heavy atom. The minimum Gasteiger partial charge on any atom is -0.370 e. The minimum absolute atomic E-state index is 0.104. The highest BCUT2D eigenvalue weighted by atomic mass is 19.4. The number of piperidine rings is 1. The molecule has 1 aliphatic heterocycles. The van der Waals surface area contributed by atoms with Gasteiger partial charge in [-0.1, -0.05) is 11.6 Å². The van der Waals surface area contributed by atoms with Crippen molar-refractivity contribution in [2.45, 2.75) is 19.0 Å². The van der Waals surface area contributed by atoms with Gasteiger partial charge in [0.1, 0.15) is 5.82 Å². The van der Waals surface area contributed by atoms with Crippen LogP contribution < -0.4 is 4.90 Å². The number of hydrogen-bond donors (Lipinski definition) is 0. The molecular weight excluding hydrogens is 320 g/mol. The van der Waals surface area contributed by atoms with Gasteiger partial charge in [-0.15, -0.1) is 0 Å². The molecule has 2 aromatic rings. The van der Waals surface area contributed by atoms with Crippen molar-refractivity contribution >= 4 is 11.8 Å². The Labute approximate surface area is 137 Å². The molecule has 1 fully saturated rings. The number of aromatic nitrogens is 1. The standard InChI is InChI=1S/C18H16F4N2/c19-15-3-4-17(18(20,21)22)14(11-15)10-13-5-8-24(9-6-13)16-2-1-7-23-12-16/h1-4,7,10-12H,5-6,8-9H2. The molecule has 0 amide bonds. The monoisotopic (exact) mass is 336 g/mol. The van der Waals surface area contributed by atoms with Crippen LogP contribution in [0.2, 0.25) is 0 Å². The summed E-state index contributed by atoms with van der Waals surface area (Å²) in [5.41, 5.74) is 0.989. The van der Waals surface area contributed by atoms with Crippen molar-refractivity contribution in [2.24, 2.45) is 0 Å². The Hall–Kier alpha value is -2.37. The second kappa shape index (κ2) is 6.63.